The van der Waals surface area contributed by atoms with Gasteiger partial charge in [0, 0.05) is 36.9 Å². The third-order valence-corrected chi connectivity index (χ3v) is 4.36. The van der Waals surface area contributed by atoms with Crippen molar-refractivity contribution in [3.05, 3.63) is 42.5 Å². The molecule has 0 unspecified atom stereocenters. The van der Waals surface area contributed by atoms with Crippen LogP contribution >= 0.6 is 0 Å². The second kappa shape index (κ2) is 7.31. The van der Waals surface area contributed by atoms with Crippen LogP contribution in [0.2, 0.25) is 0 Å². The fraction of sp³-hybridized carbons (Fsp3) is 0.444. The lowest BCUT2D eigenvalue weighted by Gasteiger charge is -2.22. The van der Waals surface area contributed by atoms with E-state index in [1.54, 1.807) is 6.20 Å². The minimum atomic E-state index is -0.0337. The summed E-state index contributed by atoms with van der Waals surface area (Å²) in [6.45, 7) is 4.44. The maximum atomic E-state index is 12.1. The van der Waals surface area contributed by atoms with E-state index in [0.29, 0.717) is 6.54 Å². The third-order valence-electron chi connectivity index (χ3n) is 4.36. The monoisotopic (exact) mass is 312 g/mol. The Bertz CT molecular complexity index is 639. The van der Waals surface area contributed by atoms with Crippen LogP contribution in [0.25, 0.3) is 0 Å². The molecule has 1 fully saturated rings. The van der Waals surface area contributed by atoms with Gasteiger partial charge >= 0.3 is 0 Å². The van der Waals surface area contributed by atoms with Crippen LogP contribution in [0.15, 0.2) is 36.7 Å². The highest BCUT2D eigenvalue weighted by molar-refractivity contribution is 5.90. The number of aryl methyl sites for hydroxylation is 1. The van der Waals surface area contributed by atoms with E-state index in [1.165, 1.54) is 31.4 Å². The van der Waals surface area contributed by atoms with Gasteiger partial charge in [0.05, 0.1) is 0 Å². The lowest BCUT2D eigenvalue weighted by atomic mass is 10.2. The molecule has 0 spiro atoms. The number of anilines is 2. The fourth-order valence-electron chi connectivity index (χ4n) is 3.01. The van der Waals surface area contributed by atoms with Crippen LogP contribution in [0, 0.1) is 6.92 Å². The smallest absolute Gasteiger partial charge is 0.244 e. The Morgan fingerprint density at radius 1 is 1.13 bits per heavy atom. The number of carbonyl (C=O) groups excluding carboxylic acids is 1. The minimum Gasteiger partial charge on any atom is -0.372 e. The van der Waals surface area contributed by atoms with Crippen LogP contribution in [0.5, 0.6) is 0 Å². The van der Waals surface area contributed by atoms with Crippen molar-refractivity contribution in [2.75, 3.05) is 23.3 Å². The summed E-state index contributed by atoms with van der Waals surface area (Å²) in [6, 6.07) is 8.17. The Morgan fingerprint density at radius 3 is 2.43 bits per heavy atom. The zero-order valence-electron chi connectivity index (χ0n) is 13.7. The number of rotatable bonds is 4. The number of hydrogen-bond donors (Lipinski definition) is 1. The second-order valence-corrected chi connectivity index (χ2v) is 6.10. The largest absolute Gasteiger partial charge is 0.372 e. The third kappa shape index (κ3) is 4.12. The maximum Gasteiger partial charge on any atom is 0.244 e. The highest BCUT2D eigenvalue weighted by Crippen LogP contribution is 2.21. The van der Waals surface area contributed by atoms with Crippen LogP contribution < -0.4 is 10.2 Å². The molecule has 0 radical (unpaired) electrons. The minimum absolute atomic E-state index is 0.0337. The zero-order valence-corrected chi connectivity index (χ0v) is 13.7. The molecule has 1 aromatic heterocycles. The molecule has 0 saturated carbocycles. The van der Waals surface area contributed by atoms with Crippen molar-refractivity contribution in [1.82, 2.24) is 9.55 Å². The van der Waals surface area contributed by atoms with Crippen molar-refractivity contribution in [1.29, 1.82) is 0 Å². The quantitative estimate of drug-likeness (QED) is 0.943. The van der Waals surface area contributed by atoms with E-state index in [-0.39, 0.29) is 5.91 Å². The predicted octanol–water partition coefficient (Wildman–Crippen LogP) is 3.21. The molecule has 122 valence electrons. The molecule has 1 saturated heterocycles. The first-order valence-electron chi connectivity index (χ1n) is 8.35. The normalized spacial score (nSPS) is 15.3. The Kier molecular flexibility index (Phi) is 4.95. The van der Waals surface area contributed by atoms with Gasteiger partial charge in [-0.1, -0.05) is 12.8 Å². The average Bonchev–Trinajstić information content (AvgIpc) is 2.79. The Hall–Kier alpha value is -2.30. The van der Waals surface area contributed by atoms with Gasteiger partial charge in [0.1, 0.15) is 12.4 Å². The number of carbonyl (C=O) groups is 1. The number of aromatic nitrogens is 2. The first-order chi connectivity index (χ1) is 11.2. The van der Waals surface area contributed by atoms with Crippen molar-refractivity contribution < 1.29 is 4.79 Å². The molecular weight excluding hydrogens is 288 g/mol. The molecule has 23 heavy (non-hydrogen) atoms. The molecule has 1 N–H and O–H groups in total. The summed E-state index contributed by atoms with van der Waals surface area (Å²) in [5, 5.41) is 2.94. The maximum absolute atomic E-state index is 12.1. The van der Waals surface area contributed by atoms with Crippen molar-refractivity contribution in [3.63, 3.8) is 0 Å². The lowest BCUT2D eigenvalue weighted by Crippen LogP contribution is -2.23. The number of amides is 1. The summed E-state index contributed by atoms with van der Waals surface area (Å²) < 4.78 is 1.83. The van der Waals surface area contributed by atoms with Crippen molar-refractivity contribution >= 4 is 17.3 Å². The van der Waals surface area contributed by atoms with Gasteiger partial charge in [-0.05, 0) is 44.0 Å². The number of hydrogen-bond acceptors (Lipinski definition) is 3. The van der Waals surface area contributed by atoms with Gasteiger partial charge in [0.15, 0.2) is 0 Å². The summed E-state index contributed by atoms with van der Waals surface area (Å²) in [5.74, 6) is 0.810. The Balaban J connectivity index is 1.58. The van der Waals surface area contributed by atoms with E-state index in [9.17, 15) is 4.79 Å². The van der Waals surface area contributed by atoms with Crippen molar-refractivity contribution in [3.8, 4) is 0 Å². The standard InChI is InChI=1S/C18H24N4O/c1-15-19-10-13-22(15)14-18(23)20-16-6-8-17(9-7-16)21-11-4-2-3-5-12-21/h6-10,13H,2-5,11-12,14H2,1H3,(H,20,23). The van der Waals surface area contributed by atoms with Crippen LogP contribution in [0.4, 0.5) is 11.4 Å². The van der Waals surface area contributed by atoms with Crippen LogP contribution in [0.3, 0.4) is 0 Å². The van der Waals surface area contributed by atoms with E-state index in [2.05, 4.69) is 27.3 Å². The van der Waals surface area contributed by atoms with Gasteiger partial charge in [-0.15, -0.1) is 0 Å². The first-order valence-corrected chi connectivity index (χ1v) is 8.35. The zero-order chi connectivity index (χ0) is 16.1. The Morgan fingerprint density at radius 2 is 1.83 bits per heavy atom. The van der Waals surface area contributed by atoms with E-state index in [1.807, 2.05) is 29.8 Å². The SMILES string of the molecule is Cc1nccn1CC(=O)Nc1ccc(N2CCCCCC2)cc1. The number of benzene rings is 1. The van der Waals surface area contributed by atoms with Gasteiger partial charge < -0.3 is 14.8 Å². The predicted molar refractivity (Wildman–Crippen MR) is 92.7 cm³/mol. The lowest BCUT2D eigenvalue weighted by molar-refractivity contribution is -0.116. The molecule has 1 amide bonds. The molecule has 2 aromatic rings. The molecule has 1 aliphatic heterocycles. The summed E-state index contributed by atoms with van der Waals surface area (Å²) >= 11 is 0. The van der Waals surface area contributed by atoms with E-state index < -0.39 is 0 Å². The molecule has 0 atom stereocenters. The first kappa shape index (κ1) is 15.6. The van der Waals surface area contributed by atoms with Gasteiger partial charge in [-0.3, -0.25) is 4.79 Å². The van der Waals surface area contributed by atoms with Crippen LogP contribution in [-0.4, -0.2) is 28.5 Å². The van der Waals surface area contributed by atoms with Crippen molar-refractivity contribution in [2.24, 2.45) is 0 Å². The summed E-state index contributed by atoms with van der Waals surface area (Å²) in [6.07, 6.45) is 8.72. The molecule has 5 heteroatoms. The number of imidazole rings is 1. The van der Waals surface area contributed by atoms with Gasteiger partial charge in [0.2, 0.25) is 5.91 Å². The topological polar surface area (TPSA) is 50.2 Å². The van der Waals surface area contributed by atoms with Gasteiger partial charge in [0.25, 0.3) is 0 Å². The molecule has 0 aliphatic carbocycles. The number of nitrogens with zero attached hydrogens (tertiary/aromatic N) is 3. The van der Waals surface area contributed by atoms with E-state index in [0.717, 1.165) is 24.6 Å². The fourth-order valence-corrected chi connectivity index (χ4v) is 3.01. The Labute approximate surface area is 137 Å². The van der Waals surface area contributed by atoms with Crippen molar-refractivity contribution in [2.45, 2.75) is 39.2 Å². The van der Waals surface area contributed by atoms with Gasteiger partial charge in [-0.25, -0.2) is 4.98 Å². The molecular formula is C18H24N4O. The molecule has 1 aliphatic rings. The van der Waals surface area contributed by atoms with Crippen LogP contribution in [-0.2, 0) is 11.3 Å². The highest BCUT2D eigenvalue weighted by Gasteiger charge is 2.10. The molecule has 5 nitrogen and oxygen atoms in total. The molecule has 0 bridgehead atoms. The number of nitrogens with one attached hydrogen (secondary N) is 1. The molecule has 1 aromatic carbocycles. The summed E-state index contributed by atoms with van der Waals surface area (Å²) in [7, 11) is 0. The second-order valence-electron chi connectivity index (χ2n) is 6.10. The average molecular weight is 312 g/mol. The highest BCUT2D eigenvalue weighted by atomic mass is 16.1. The van der Waals surface area contributed by atoms with E-state index >= 15 is 0 Å². The van der Waals surface area contributed by atoms with Gasteiger partial charge in [-0.2, -0.15) is 0 Å². The molecule has 3 rings (SSSR count). The summed E-state index contributed by atoms with van der Waals surface area (Å²) in [4.78, 5) is 18.7. The van der Waals surface area contributed by atoms with E-state index in [4.69, 9.17) is 0 Å². The molecule has 2 heterocycles. The van der Waals surface area contributed by atoms with Crippen LogP contribution in [0.1, 0.15) is 31.5 Å². The summed E-state index contributed by atoms with van der Waals surface area (Å²) in [5.41, 5.74) is 2.08.